The van der Waals surface area contributed by atoms with E-state index in [1.54, 1.807) is 12.5 Å². The molecular formula is C92H115ClN2O12. The molecule has 10 aliphatic carbocycles. The lowest BCUT2D eigenvalue weighted by atomic mass is 9.43. The number of nitrogens with one attached hydrogen (secondary N) is 1. The number of hydrogen-bond donors (Lipinski definition) is 3. The molecule has 0 saturated heterocycles. The van der Waals surface area contributed by atoms with E-state index in [2.05, 4.69) is 88.6 Å². The summed E-state index contributed by atoms with van der Waals surface area (Å²) >= 11 is 5.60. The fourth-order valence-electron chi connectivity index (χ4n) is 24.6. The maximum Gasteiger partial charge on any atom is 0.335 e. The number of halogens is 1. The summed E-state index contributed by atoms with van der Waals surface area (Å²) in [5.41, 5.74) is 9.78. The predicted molar refractivity (Wildman–Crippen MR) is 417 cm³/mol. The number of nitrogens with zero attached hydrogens (tertiary/aromatic N) is 1. The average Bonchev–Trinajstić information content (AvgIpc) is 1.65. The Hall–Kier alpha value is -6.97. The number of amides is 1. The molecular weight excluding hydrogens is 1360 g/mol. The van der Waals surface area contributed by atoms with E-state index in [9.17, 15) is 39.0 Å². The first-order valence-electron chi connectivity index (χ1n) is 40.6. The molecule has 0 spiro atoms. The Labute approximate surface area is 638 Å². The molecule has 2 heterocycles. The fourth-order valence-corrected chi connectivity index (χ4v) is 24.9. The van der Waals surface area contributed by atoms with Crippen molar-refractivity contribution in [1.82, 2.24) is 10.2 Å². The van der Waals surface area contributed by atoms with Crippen LogP contribution in [0.1, 0.15) is 241 Å². The smallest absolute Gasteiger partial charge is 0.335 e. The van der Waals surface area contributed by atoms with Crippen LogP contribution in [0.2, 0.25) is 0 Å². The van der Waals surface area contributed by atoms with Gasteiger partial charge in [0.15, 0.2) is 0 Å². The maximum absolute atomic E-state index is 14.2. The van der Waals surface area contributed by atoms with Crippen molar-refractivity contribution in [2.24, 2.45) is 80.8 Å². The highest BCUT2D eigenvalue weighted by Gasteiger charge is 2.69. The number of rotatable bonds is 16. The molecule has 6 aromatic rings. The standard InChI is InChI=1S/C46H57NO6.C25H37NO3.C21H21ClO3/c1-28(2)36(25-42(49)53-27-37-34-12-8-6-10-32(34)33-11-7-9-13-35(33)37)43(50)47(5)31-18-21-44(3)30(24-31)15-16-40-39(44)19-22-45(4)38(20-23-46(40,45)51)29-14-17-41(48)52-26-29;1-23-11-8-18(26-3)14-17(23)5-6-21-20(23)9-12-24(2)19(10-13-25(21,24)28)16-4-7-22(27)29-15-16;1-13(2)18(21(22)24)11-20(23)25-12-19-16-9-5-3-7-14(16)15-8-4-6-10-17(15)19/h6-14,17,26,28,30-31,36-40,51H,15-16,18-25,27H2,1-5H3;4,7,15,17-21,26,28H,5-6,8-14H2,1-3H3;3-10,13,18-19H,11-12H2,1-2H3/t30-,31?,36-,38-,39+,40-,44+,45-,46+;17-,18?,19-,20+,21-,23+,24-,25+;18-/m110/s1. The van der Waals surface area contributed by atoms with Gasteiger partial charge in [0.05, 0.1) is 42.5 Å². The number of benzene rings is 4. The molecule has 14 nitrogen and oxygen atoms in total. The molecule has 0 aliphatic heterocycles. The molecule has 1 amide bonds. The fraction of sp³-hybridized carbons (Fsp3) is 0.587. The Morgan fingerprint density at radius 3 is 1.30 bits per heavy atom. The minimum Gasteiger partial charge on any atom is -0.465 e. The van der Waals surface area contributed by atoms with Crippen LogP contribution >= 0.6 is 11.6 Å². The molecule has 18 atom stereocenters. The van der Waals surface area contributed by atoms with Gasteiger partial charge >= 0.3 is 23.2 Å². The zero-order valence-electron chi connectivity index (χ0n) is 64.8. The first-order valence-corrected chi connectivity index (χ1v) is 41.0. The van der Waals surface area contributed by atoms with Gasteiger partial charge in [-0.1, -0.05) is 152 Å². The molecule has 8 fully saturated rings. The highest BCUT2D eigenvalue weighted by atomic mass is 35.5. The Bertz CT molecular complexity index is 4260. The van der Waals surface area contributed by atoms with E-state index in [4.69, 9.17) is 29.9 Å². The van der Waals surface area contributed by atoms with E-state index in [-0.39, 0.29) is 119 Å². The monoisotopic (exact) mass is 1470 g/mol. The van der Waals surface area contributed by atoms with Crippen molar-refractivity contribution in [2.75, 3.05) is 27.3 Å². The van der Waals surface area contributed by atoms with Gasteiger partial charge in [-0.05, 0) is 272 Å². The van der Waals surface area contributed by atoms with Gasteiger partial charge in [-0.15, -0.1) is 0 Å². The summed E-state index contributed by atoms with van der Waals surface area (Å²) in [6.07, 6.45) is 22.6. The summed E-state index contributed by atoms with van der Waals surface area (Å²) in [7, 11) is 4.06. The number of ether oxygens (including phenoxy) is 2. The highest BCUT2D eigenvalue weighted by molar-refractivity contribution is 6.64. The van der Waals surface area contributed by atoms with Crippen LogP contribution < -0.4 is 16.6 Å². The van der Waals surface area contributed by atoms with Crippen LogP contribution in [0.15, 0.2) is 152 Å². The molecule has 0 bridgehead atoms. The van der Waals surface area contributed by atoms with E-state index in [1.807, 2.05) is 100 Å². The molecule has 10 aliphatic rings. The van der Waals surface area contributed by atoms with Crippen LogP contribution in [-0.4, -0.2) is 88.8 Å². The van der Waals surface area contributed by atoms with Crippen molar-refractivity contribution < 1.29 is 47.7 Å². The lowest BCUT2D eigenvalue weighted by Gasteiger charge is -2.64. The highest BCUT2D eigenvalue weighted by Crippen LogP contribution is 2.73. The Morgan fingerprint density at radius 1 is 0.505 bits per heavy atom. The van der Waals surface area contributed by atoms with Crippen molar-refractivity contribution in [3.63, 3.8) is 0 Å². The Morgan fingerprint density at radius 2 is 0.907 bits per heavy atom. The van der Waals surface area contributed by atoms with Gasteiger partial charge in [-0.25, -0.2) is 9.59 Å². The zero-order valence-corrected chi connectivity index (χ0v) is 65.6. The Kier molecular flexibility index (Phi) is 21.8. The normalized spacial score (nSPS) is 33.3. The topological polar surface area (TPSA) is 203 Å². The minimum atomic E-state index is -0.738. The van der Waals surface area contributed by atoms with Gasteiger partial charge in [0.1, 0.15) is 13.2 Å². The summed E-state index contributed by atoms with van der Waals surface area (Å²) in [6, 6.07) is 40.7. The molecule has 8 saturated carbocycles. The van der Waals surface area contributed by atoms with Crippen molar-refractivity contribution >= 4 is 34.7 Å². The lowest BCUT2D eigenvalue weighted by Crippen LogP contribution is -2.62. The van der Waals surface area contributed by atoms with Crippen LogP contribution in [0.3, 0.4) is 0 Å². The second-order valence-corrected chi connectivity index (χ2v) is 36.4. The number of aliphatic hydroxyl groups is 2. The van der Waals surface area contributed by atoms with Crippen molar-refractivity contribution in [3.8, 4) is 22.3 Å². The molecule has 4 aromatic carbocycles. The van der Waals surface area contributed by atoms with Crippen LogP contribution in [0, 0.1) is 80.8 Å². The summed E-state index contributed by atoms with van der Waals surface area (Å²) in [5, 5.41) is 27.9. The molecule has 107 heavy (non-hydrogen) atoms. The second-order valence-electron chi connectivity index (χ2n) is 36.1. The number of carbonyl (C=O) groups excluding carboxylic acids is 4. The third-order valence-corrected chi connectivity index (χ3v) is 31.3. The second kappa shape index (κ2) is 30.4. The van der Waals surface area contributed by atoms with E-state index in [1.165, 1.54) is 95.2 Å². The minimum absolute atomic E-state index is 0.00410. The third kappa shape index (κ3) is 13.7. The van der Waals surface area contributed by atoms with Gasteiger partial charge in [-0.2, -0.15) is 0 Å². The first kappa shape index (κ1) is 76.8. The van der Waals surface area contributed by atoms with Gasteiger partial charge < -0.3 is 38.7 Å². The van der Waals surface area contributed by atoms with Gasteiger partial charge in [0, 0.05) is 59.8 Å². The summed E-state index contributed by atoms with van der Waals surface area (Å²) in [5.74, 6) is 1.97. The number of carbonyl (C=O) groups is 4. The van der Waals surface area contributed by atoms with Crippen molar-refractivity contribution in [2.45, 2.75) is 231 Å². The van der Waals surface area contributed by atoms with Gasteiger partial charge in [0.2, 0.25) is 11.1 Å². The van der Waals surface area contributed by atoms with E-state index in [0.29, 0.717) is 35.1 Å². The van der Waals surface area contributed by atoms with Crippen molar-refractivity contribution in [3.05, 3.63) is 188 Å². The lowest BCUT2D eigenvalue weighted by molar-refractivity contribution is -0.203. The SMILES string of the molecule is CC(C)[C@@H](CC(=O)OCC1c2ccccc2-c2ccccc21)C(=O)N(C)C1CC[C@@]2(C)[C@H](CC[C@@H]3[C@@H]2CC[C@]2(C)[C@@H](c4ccc(=O)oc4)CC[C@]32O)C1.CC(C)[C@H](CC(=O)OCC1c2ccccc2-c2ccccc21)C(=O)Cl.CNC1CC[C@@]2(C)[C@H](CC[C@@H]3[C@@H]2CC[C@]2(C)[C@@H](c4ccc(=O)oc4)CC[C@]32O)C1. The largest absolute Gasteiger partial charge is 0.465 e. The average molecular weight is 1480 g/mol. The summed E-state index contributed by atoms with van der Waals surface area (Å²) < 4.78 is 22.0. The number of fused-ring (bicyclic) bond motifs is 16. The molecule has 16 rings (SSSR count). The van der Waals surface area contributed by atoms with E-state index >= 15 is 0 Å². The number of hydrogen-bond acceptors (Lipinski definition) is 13. The van der Waals surface area contributed by atoms with E-state index < -0.39 is 28.3 Å². The van der Waals surface area contributed by atoms with Crippen LogP contribution in [-0.2, 0) is 28.7 Å². The van der Waals surface area contributed by atoms with Gasteiger partial charge in [-0.3, -0.25) is 19.2 Å². The summed E-state index contributed by atoms with van der Waals surface area (Å²) in [4.78, 5) is 76.4. The zero-order chi connectivity index (χ0) is 75.7. The first-order chi connectivity index (χ1) is 51.2. The van der Waals surface area contributed by atoms with E-state index in [0.717, 1.165) is 94.1 Å². The molecule has 2 aromatic heterocycles. The Balaban J connectivity index is 0.000000149. The molecule has 0 radical (unpaired) electrons. The molecule has 2 unspecified atom stereocenters. The third-order valence-electron chi connectivity index (χ3n) is 31.0. The van der Waals surface area contributed by atoms with Crippen LogP contribution in [0.25, 0.3) is 22.3 Å². The maximum atomic E-state index is 14.2. The molecule has 15 heteroatoms. The number of esters is 2. The van der Waals surface area contributed by atoms with Crippen molar-refractivity contribution in [1.29, 1.82) is 0 Å². The summed E-state index contributed by atoms with van der Waals surface area (Å²) in [6.45, 7) is 18.0. The molecule has 3 N–H and O–H groups in total. The van der Waals surface area contributed by atoms with Gasteiger partial charge in [0.25, 0.3) is 0 Å². The quantitative estimate of drug-likeness (QED) is 0.0611. The molecule has 572 valence electrons. The van der Waals surface area contributed by atoms with Crippen LogP contribution in [0.4, 0.5) is 0 Å². The van der Waals surface area contributed by atoms with Crippen LogP contribution in [0.5, 0.6) is 0 Å². The predicted octanol–water partition coefficient (Wildman–Crippen LogP) is 18.0.